The van der Waals surface area contributed by atoms with Crippen molar-refractivity contribution in [3.8, 4) is 0 Å². The molecule has 2 aromatic carbocycles. The molecule has 2 spiro atoms. The summed E-state index contributed by atoms with van der Waals surface area (Å²) < 4.78 is 25.9. The van der Waals surface area contributed by atoms with Crippen LogP contribution in [0.2, 0.25) is 0 Å². The van der Waals surface area contributed by atoms with Crippen LogP contribution in [0.25, 0.3) is 5.76 Å². The SMILES string of the molecule is C(=CC1=CC(c2ccccc2)=[O+]C2(CCCCC2)O1)C=C1C=C(c2ccccc2)OC2(CCCCC2)O1. The number of ketones is 1. The highest BCUT2D eigenvalue weighted by Crippen LogP contribution is 2.42. The molecule has 2 fully saturated rings. The highest BCUT2D eigenvalue weighted by Gasteiger charge is 2.48. The first-order valence-electron chi connectivity index (χ1n) is 13.8. The number of hydrogen-bond donors (Lipinski definition) is 0. The lowest BCUT2D eigenvalue weighted by atomic mass is 9.93. The molecule has 0 radical (unpaired) electrons. The zero-order chi connectivity index (χ0) is 25.0. The fourth-order valence-electron chi connectivity index (χ4n) is 5.73. The van der Waals surface area contributed by atoms with Crippen molar-refractivity contribution in [2.45, 2.75) is 75.8 Å². The third-order valence-corrected chi connectivity index (χ3v) is 7.61. The fourth-order valence-corrected chi connectivity index (χ4v) is 5.73. The Kier molecular flexibility index (Phi) is 6.73. The molecule has 0 atom stereocenters. The van der Waals surface area contributed by atoms with Crippen LogP contribution in [0.3, 0.4) is 0 Å². The Morgan fingerprint density at radius 2 is 1.30 bits per heavy atom. The van der Waals surface area contributed by atoms with Gasteiger partial charge in [-0.2, -0.15) is 0 Å². The standard InChI is InChI=1S/C33H35O4/c1-5-14-26(15-6-1)30-24-28(34-32(36-30)20-9-3-10-21-32)18-13-19-29-25-31(27-16-7-2-8-17-27)37-33(35-29)22-11-4-12-23-33/h1-2,5-8,13-19,24-25H,3-4,9-12,20-23H2/q+1. The van der Waals surface area contributed by atoms with Crippen molar-refractivity contribution < 1.29 is 18.6 Å². The highest BCUT2D eigenvalue weighted by atomic mass is 16.7. The van der Waals surface area contributed by atoms with Gasteiger partial charge in [0.05, 0.1) is 24.5 Å². The predicted molar refractivity (Wildman–Crippen MR) is 145 cm³/mol. The summed E-state index contributed by atoms with van der Waals surface area (Å²) in [6, 6.07) is 20.6. The van der Waals surface area contributed by atoms with Gasteiger partial charge in [0.15, 0.2) is 0 Å². The Morgan fingerprint density at radius 1 is 0.649 bits per heavy atom. The third kappa shape index (κ3) is 5.44. The zero-order valence-corrected chi connectivity index (χ0v) is 21.4. The summed E-state index contributed by atoms with van der Waals surface area (Å²) in [5, 5.41) is 0. The average molecular weight is 496 g/mol. The fraction of sp³-hybridized carbons (Fsp3) is 0.364. The van der Waals surface area contributed by atoms with Crippen LogP contribution in [0, 0.1) is 0 Å². The van der Waals surface area contributed by atoms with Crippen LogP contribution in [0.5, 0.6) is 0 Å². The van der Waals surface area contributed by atoms with Gasteiger partial charge in [-0.15, -0.1) is 0 Å². The summed E-state index contributed by atoms with van der Waals surface area (Å²) in [6.07, 6.45) is 20.6. The topological polar surface area (TPSA) is 39.0 Å². The van der Waals surface area contributed by atoms with Crippen molar-refractivity contribution in [1.29, 1.82) is 0 Å². The molecular formula is C33H35O4+. The molecule has 4 heteroatoms. The Morgan fingerprint density at radius 3 is 2.00 bits per heavy atom. The van der Waals surface area contributed by atoms with Crippen LogP contribution in [0.4, 0.5) is 0 Å². The molecule has 4 nitrogen and oxygen atoms in total. The van der Waals surface area contributed by atoms with Gasteiger partial charge in [-0.3, -0.25) is 0 Å². The van der Waals surface area contributed by atoms with Crippen molar-refractivity contribution in [1.82, 2.24) is 0 Å². The van der Waals surface area contributed by atoms with E-state index in [1.54, 1.807) is 0 Å². The van der Waals surface area contributed by atoms with Gasteiger partial charge in [0.25, 0.3) is 5.79 Å². The lowest BCUT2D eigenvalue weighted by Gasteiger charge is -2.41. The van der Waals surface area contributed by atoms with Crippen molar-refractivity contribution in [3.63, 3.8) is 0 Å². The minimum Gasteiger partial charge on any atom is -0.452 e. The maximum Gasteiger partial charge on any atom is 0.429 e. The molecule has 0 aromatic heterocycles. The van der Waals surface area contributed by atoms with Crippen molar-refractivity contribution in [3.05, 3.63) is 114 Å². The van der Waals surface area contributed by atoms with Gasteiger partial charge in [-0.25, -0.2) is 4.42 Å². The van der Waals surface area contributed by atoms with Crippen LogP contribution in [-0.2, 0) is 14.2 Å². The number of rotatable bonds is 4. The predicted octanol–water partition coefficient (Wildman–Crippen LogP) is 8.17. The number of benzene rings is 2. The van der Waals surface area contributed by atoms with Crippen LogP contribution >= 0.6 is 0 Å². The maximum absolute atomic E-state index is 6.48. The van der Waals surface area contributed by atoms with Crippen LogP contribution in [-0.4, -0.2) is 17.4 Å². The molecule has 4 aliphatic rings. The summed E-state index contributed by atoms with van der Waals surface area (Å²) in [5.74, 6) is 2.22. The smallest absolute Gasteiger partial charge is 0.429 e. The molecule has 2 saturated carbocycles. The molecule has 6 rings (SSSR count). The molecule has 0 unspecified atom stereocenters. The molecule has 0 bridgehead atoms. The molecule has 0 N–H and O–H groups in total. The average Bonchev–Trinajstić information content (AvgIpc) is 2.94. The van der Waals surface area contributed by atoms with Crippen LogP contribution in [0.1, 0.15) is 79.8 Å². The van der Waals surface area contributed by atoms with Crippen LogP contribution in [0.15, 0.2) is 103 Å². The molecule has 2 aromatic rings. The second-order valence-electron chi connectivity index (χ2n) is 10.4. The minimum absolute atomic E-state index is 0.577. The summed E-state index contributed by atoms with van der Waals surface area (Å²) >= 11 is 0. The molecule has 190 valence electrons. The van der Waals surface area contributed by atoms with Crippen molar-refractivity contribution >= 4 is 11.5 Å². The van der Waals surface area contributed by atoms with Gasteiger partial charge in [-0.1, -0.05) is 67.4 Å². The quantitative estimate of drug-likeness (QED) is 0.402. The molecule has 0 saturated heterocycles. The monoisotopic (exact) mass is 495 g/mol. The van der Waals surface area contributed by atoms with E-state index in [9.17, 15) is 0 Å². The first-order valence-corrected chi connectivity index (χ1v) is 13.8. The van der Waals surface area contributed by atoms with Gasteiger partial charge in [-0.05, 0) is 50.0 Å². The first kappa shape index (κ1) is 23.8. The lowest BCUT2D eigenvalue weighted by molar-refractivity contribution is -0.486. The summed E-state index contributed by atoms with van der Waals surface area (Å²) in [4.78, 5) is 0. The molecule has 37 heavy (non-hydrogen) atoms. The number of carbonyl (C=O) groups excluding carboxylic acids is 1. The van der Waals surface area contributed by atoms with E-state index in [4.69, 9.17) is 18.6 Å². The van der Waals surface area contributed by atoms with E-state index in [1.807, 2.05) is 66.8 Å². The van der Waals surface area contributed by atoms with E-state index in [1.165, 1.54) is 12.8 Å². The van der Waals surface area contributed by atoms with E-state index >= 15 is 0 Å². The van der Waals surface area contributed by atoms with E-state index in [0.29, 0.717) is 0 Å². The summed E-state index contributed by atoms with van der Waals surface area (Å²) in [5.41, 5.74) is 2.14. The maximum atomic E-state index is 6.48. The van der Waals surface area contributed by atoms with E-state index < -0.39 is 11.6 Å². The number of allylic oxidation sites excluding steroid dienone is 5. The summed E-state index contributed by atoms with van der Waals surface area (Å²) in [7, 11) is 0. The van der Waals surface area contributed by atoms with E-state index in [0.717, 1.165) is 85.6 Å². The van der Waals surface area contributed by atoms with Gasteiger partial charge < -0.3 is 14.2 Å². The first-order chi connectivity index (χ1) is 18.2. The Balaban J connectivity index is 1.29. The van der Waals surface area contributed by atoms with Crippen molar-refractivity contribution in [2.24, 2.45) is 0 Å². The third-order valence-electron chi connectivity index (χ3n) is 7.61. The van der Waals surface area contributed by atoms with E-state index in [2.05, 4.69) is 24.3 Å². The van der Waals surface area contributed by atoms with Crippen molar-refractivity contribution in [2.75, 3.05) is 0 Å². The molecule has 2 heterocycles. The number of hydrogen-bond acceptors (Lipinski definition) is 3. The van der Waals surface area contributed by atoms with Gasteiger partial charge in [0, 0.05) is 24.5 Å². The Labute approximate surface area is 219 Å². The normalized spacial score (nSPS) is 23.6. The molecule has 0 amide bonds. The minimum atomic E-state index is -0.577. The highest BCUT2D eigenvalue weighted by molar-refractivity contribution is 6.05. The van der Waals surface area contributed by atoms with Gasteiger partial charge in [0.1, 0.15) is 17.3 Å². The van der Waals surface area contributed by atoms with E-state index in [-0.39, 0.29) is 0 Å². The zero-order valence-electron chi connectivity index (χ0n) is 21.4. The second-order valence-corrected chi connectivity index (χ2v) is 10.4. The number of ether oxygens (including phenoxy) is 3. The molecular weight excluding hydrogens is 460 g/mol. The molecule has 2 aliphatic heterocycles. The molecule has 2 aliphatic carbocycles. The lowest BCUT2D eigenvalue weighted by Crippen LogP contribution is -2.39. The largest absolute Gasteiger partial charge is 0.452 e. The Bertz CT molecular complexity index is 1240. The van der Waals surface area contributed by atoms with Gasteiger partial charge in [0.2, 0.25) is 0 Å². The van der Waals surface area contributed by atoms with Gasteiger partial charge >= 0.3 is 11.6 Å². The Hall–Kier alpha value is -3.53. The van der Waals surface area contributed by atoms with Crippen LogP contribution < -0.4 is 0 Å². The summed E-state index contributed by atoms with van der Waals surface area (Å²) in [6.45, 7) is 0. The second kappa shape index (κ2) is 10.5.